The van der Waals surface area contributed by atoms with E-state index in [4.69, 9.17) is 0 Å². The summed E-state index contributed by atoms with van der Waals surface area (Å²) < 4.78 is 125. The fourth-order valence-corrected chi connectivity index (χ4v) is 2.88. The molecule has 132 valence electrons. The van der Waals surface area contributed by atoms with Crippen LogP contribution in [0.2, 0.25) is 0 Å². The summed E-state index contributed by atoms with van der Waals surface area (Å²) in [5.74, 6) is 0. The summed E-state index contributed by atoms with van der Waals surface area (Å²) in [7, 11) is -12.7. The van der Waals surface area contributed by atoms with Gasteiger partial charge < -0.3 is 0 Å². The Balaban J connectivity index is 3.18. The third-order valence-electron chi connectivity index (χ3n) is 2.53. The maximum atomic E-state index is 12.3. The van der Waals surface area contributed by atoms with Gasteiger partial charge in [0.1, 0.15) is 13.1 Å². The first-order valence-electron chi connectivity index (χ1n) is 5.54. The minimum absolute atomic E-state index is 0.0965. The van der Waals surface area contributed by atoms with Crippen LogP contribution in [0.1, 0.15) is 19.3 Å². The van der Waals surface area contributed by atoms with E-state index in [0.29, 0.717) is 6.42 Å². The summed E-state index contributed by atoms with van der Waals surface area (Å²) in [4.78, 5) is -2.27. The van der Waals surface area contributed by atoms with Crippen LogP contribution in [0.5, 0.6) is 0 Å². The lowest BCUT2D eigenvalue weighted by atomic mass is 10.2. The molecule has 0 spiro atoms. The van der Waals surface area contributed by atoms with Gasteiger partial charge in [-0.15, -0.1) is 0 Å². The first-order valence-corrected chi connectivity index (χ1v) is 8.36. The average Bonchev–Trinajstić information content (AvgIpc) is 2.24. The van der Waals surface area contributed by atoms with Gasteiger partial charge in [-0.25, -0.2) is 0 Å². The van der Waals surface area contributed by atoms with Gasteiger partial charge in [0.15, 0.2) is 0 Å². The van der Waals surface area contributed by atoms with Crippen LogP contribution in [-0.4, -0.2) is 45.8 Å². The second-order valence-electron chi connectivity index (χ2n) is 4.27. The molecule has 0 N–H and O–H groups in total. The second-order valence-corrected chi connectivity index (χ2v) is 7.31. The molecular weight excluding hydrogens is 372 g/mol. The molecule has 0 saturated carbocycles. The number of hydroxylamine groups is 4. The van der Waals surface area contributed by atoms with Crippen LogP contribution in [0.25, 0.3) is 0 Å². The molecule has 0 aromatic heterocycles. The van der Waals surface area contributed by atoms with E-state index in [1.54, 1.807) is 0 Å². The molecule has 0 amide bonds. The van der Waals surface area contributed by atoms with Gasteiger partial charge in [0, 0.05) is 12.8 Å². The molecule has 0 atom stereocenters. The zero-order chi connectivity index (χ0) is 17.4. The van der Waals surface area contributed by atoms with E-state index in [0.717, 1.165) is 0 Å². The monoisotopic (exact) mass is 382 g/mol. The third kappa shape index (κ3) is 4.21. The molecule has 0 aromatic rings. The van der Waals surface area contributed by atoms with Crippen LogP contribution in [0.15, 0.2) is 0 Å². The van der Waals surface area contributed by atoms with E-state index in [9.17, 15) is 43.2 Å². The smallest absolute Gasteiger partial charge is 0.184 e. The maximum Gasteiger partial charge on any atom is 0.528 e. The third-order valence-corrected chi connectivity index (χ3v) is 4.60. The highest BCUT2D eigenvalue weighted by Gasteiger charge is 2.60. The summed E-state index contributed by atoms with van der Waals surface area (Å²) >= 11 is 0. The molecule has 7 nitrogen and oxygen atoms in total. The molecule has 0 unspecified atom stereocenters. The molecular formula is C7H10F6NO6S2+. The zero-order valence-electron chi connectivity index (χ0n) is 10.5. The van der Waals surface area contributed by atoms with Crippen molar-refractivity contribution in [2.24, 2.45) is 0 Å². The van der Waals surface area contributed by atoms with E-state index in [1.807, 2.05) is 0 Å². The number of hydrogen-bond acceptors (Lipinski definition) is 6. The minimum atomic E-state index is -6.36. The SMILES string of the molecule is O=S(=O)(O[N+]1(OS(=O)(=O)C(F)(F)F)CCCCC1)C(F)(F)F. The molecule has 0 aromatic carbocycles. The number of hydrogen-bond donors (Lipinski definition) is 0. The highest BCUT2D eigenvalue weighted by atomic mass is 32.2. The minimum Gasteiger partial charge on any atom is -0.184 e. The van der Waals surface area contributed by atoms with E-state index < -0.39 is 49.2 Å². The predicted molar refractivity (Wildman–Crippen MR) is 56.0 cm³/mol. The number of piperidine rings is 1. The standard InChI is InChI=1S/C7H10F6NO6S2/c8-6(9,10)21(15,16)19-14(4-2-1-3-5-14)20-22(17,18)7(11,12)13/h1-5H2/q+1. The topological polar surface area (TPSA) is 86.7 Å². The van der Waals surface area contributed by atoms with Gasteiger partial charge in [-0.3, -0.25) is 0 Å². The van der Waals surface area contributed by atoms with Crippen LogP contribution in [0, 0.1) is 0 Å². The van der Waals surface area contributed by atoms with Crippen molar-refractivity contribution in [1.29, 1.82) is 0 Å². The Labute approximate surface area is 121 Å². The van der Waals surface area contributed by atoms with Crippen molar-refractivity contribution in [3.8, 4) is 0 Å². The highest BCUT2D eigenvalue weighted by Crippen LogP contribution is 2.35. The largest absolute Gasteiger partial charge is 0.528 e. The lowest BCUT2D eigenvalue weighted by Crippen LogP contribution is -2.56. The Bertz CT molecular complexity index is 554. The summed E-state index contributed by atoms with van der Waals surface area (Å²) in [6.45, 7) is -1.63. The molecule has 22 heavy (non-hydrogen) atoms. The Morgan fingerprint density at radius 2 is 1.00 bits per heavy atom. The van der Waals surface area contributed by atoms with Gasteiger partial charge in [0.2, 0.25) is 0 Å². The van der Waals surface area contributed by atoms with E-state index in [-0.39, 0.29) is 12.8 Å². The predicted octanol–water partition coefficient (Wildman–Crippen LogP) is 1.55. The molecule has 1 heterocycles. The van der Waals surface area contributed by atoms with Crippen molar-refractivity contribution >= 4 is 20.2 Å². The number of alkyl halides is 6. The van der Waals surface area contributed by atoms with Gasteiger partial charge in [-0.1, -0.05) is 0 Å². The van der Waals surface area contributed by atoms with Crippen LogP contribution in [-0.2, 0) is 28.8 Å². The Morgan fingerprint density at radius 3 is 1.27 bits per heavy atom. The van der Waals surface area contributed by atoms with Crippen molar-refractivity contribution < 1.29 is 56.6 Å². The molecule has 0 radical (unpaired) electrons. The highest BCUT2D eigenvalue weighted by molar-refractivity contribution is 7.88. The molecule has 1 rings (SSSR count). The molecule has 1 saturated heterocycles. The zero-order valence-corrected chi connectivity index (χ0v) is 12.1. The van der Waals surface area contributed by atoms with E-state index in [2.05, 4.69) is 8.57 Å². The van der Waals surface area contributed by atoms with Crippen molar-refractivity contribution in [3.05, 3.63) is 0 Å². The fraction of sp³-hybridized carbons (Fsp3) is 1.00. The van der Waals surface area contributed by atoms with Crippen LogP contribution < -0.4 is 0 Å². The van der Waals surface area contributed by atoms with Crippen LogP contribution in [0.4, 0.5) is 26.3 Å². The fourth-order valence-electron chi connectivity index (χ4n) is 1.60. The van der Waals surface area contributed by atoms with Gasteiger partial charge in [0.05, 0.1) is 0 Å². The Hall–Kier alpha value is -0.640. The van der Waals surface area contributed by atoms with Crippen molar-refractivity contribution in [2.45, 2.75) is 30.3 Å². The number of quaternary nitrogens is 1. The van der Waals surface area contributed by atoms with Crippen molar-refractivity contribution in [2.75, 3.05) is 13.1 Å². The van der Waals surface area contributed by atoms with E-state index in [1.165, 1.54) is 0 Å². The first-order chi connectivity index (χ1) is 9.62. The number of nitrogens with zero attached hydrogens (tertiary/aromatic N) is 1. The van der Waals surface area contributed by atoms with Gasteiger partial charge in [-0.05, 0) is 19.8 Å². The molecule has 0 bridgehead atoms. The Kier molecular flexibility index (Phi) is 5.09. The molecule has 0 aliphatic carbocycles. The van der Waals surface area contributed by atoms with Crippen molar-refractivity contribution in [1.82, 2.24) is 0 Å². The van der Waals surface area contributed by atoms with Crippen LogP contribution in [0.3, 0.4) is 0 Å². The quantitative estimate of drug-likeness (QED) is 0.417. The number of halogens is 6. The van der Waals surface area contributed by atoms with Gasteiger partial charge in [-0.2, -0.15) is 43.2 Å². The first kappa shape index (κ1) is 19.4. The Morgan fingerprint density at radius 1 is 0.682 bits per heavy atom. The summed E-state index contributed by atoms with van der Waals surface area (Å²) in [6, 6.07) is 0. The number of rotatable bonds is 4. The van der Waals surface area contributed by atoms with E-state index >= 15 is 0 Å². The van der Waals surface area contributed by atoms with Crippen molar-refractivity contribution in [3.63, 3.8) is 0 Å². The second kappa shape index (κ2) is 5.77. The summed E-state index contributed by atoms with van der Waals surface area (Å²) in [6.07, 6.45) is 0.131. The maximum absolute atomic E-state index is 12.3. The normalized spacial score (nSPS) is 20.8. The molecule has 1 aliphatic heterocycles. The van der Waals surface area contributed by atoms with Gasteiger partial charge in [0.25, 0.3) is 0 Å². The van der Waals surface area contributed by atoms with Gasteiger partial charge >= 0.3 is 31.3 Å². The summed E-state index contributed by atoms with van der Waals surface area (Å²) in [5.41, 5.74) is -11.9. The lowest BCUT2D eigenvalue weighted by Gasteiger charge is -2.32. The molecule has 1 fully saturated rings. The average molecular weight is 382 g/mol. The molecule has 1 aliphatic rings. The van der Waals surface area contributed by atoms with Crippen LogP contribution >= 0.6 is 0 Å². The summed E-state index contributed by atoms with van der Waals surface area (Å²) in [5, 5.41) is 0. The lowest BCUT2D eigenvalue weighted by molar-refractivity contribution is -1.21. The molecule has 15 heteroatoms.